The molecule has 5 aromatic rings. The Kier molecular flexibility index (Phi) is 4.17. The maximum Gasteiger partial charge on any atom is 0.253 e. The number of carbonyl (C=O) groups excluding carboxylic acids is 1. The number of hydrogen-bond donors (Lipinski definition) is 2. The van der Waals surface area contributed by atoms with Crippen molar-refractivity contribution < 1.29 is 9.21 Å². The molecule has 0 aliphatic carbocycles. The number of primary amides is 1. The maximum atomic E-state index is 11.8. The van der Waals surface area contributed by atoms with E-state index in [1.54, 1.807) is 12.1 Å². The molecule has 30 heavy (non-hydrogen) atoms. The zero-order valence-electron chi connectivity index (χ0n) is 16.2. The summed E-state index contributed by atoms with van der Waals surface area (Å²) in [5.41, 5.74) is 9.71. The van der Waals surface area contributed by atoms with E-state index in [-0.39, 0.29) is 0 Å². The Bertz CT molecular complexity index is 1390. The van der Waals surface area contributed by atoms with Gasteiger partial charge in [0.05, 0.1) is 5.52 Å². The Morgan fingerprint density at radius 1 is 1.13 bits per heavy atom. The molecule has 148 valence electrons. The summed E-state index contributed by atoms with van der Waals surface area (Å²) in [5.74, 6) is 0.512. The third kappa shape index (κ3) is 2.95. The largest absolute Gasteiger partial charge is 0.425 e. The van der Waals surface area contributed by atoms with E-state index in [2.05, 4.69) is 15.3 Å². The zero-order chi connectivity index (χ0) is 20.7. The van der Waals surface area contributed by atoms with Gasteiger partial charge in [0, 0.05) is 23.2 Å². The van der Waals surface area contributed by atoms with Gasteiger partial charge in [0.15, 0.2) is 17.7 Å². The molecular weight excluding hydrogens is 380 g/mol. The summed E-state index contributed by atoms with van der Waals surface area (Å²) in [5, 5.41) is 4.08. The van der Waals surface area contributed by atoms with Gasteiger partial charge < -0.3 is 15.5 Å². The summed E-state index contributed by atoms with van der Waals surface area (Å²) in [6, 6.07) is 17.3. The minimum Gasteiger partial charge on any atom is -0.425 e. The number of nitrogens with one attached hydrogen (secondary N) is 1. The number of fused-ring (bicyclic) bond motifs is 2. The Morgan fingerprint density at radius 3 is 2.77 bits per heavy atom. The van der Waals surface area contributed by atoms with Gasteiger partial charge in [-0.1, -0.05) is 36.4 Å². The lowest BCUT2D eigenvalue weighted by Crippen LogP contribution is -2.11. The summed E-state index contributed by atoms with van der Waals surface area (Å²) in [7, 11) is 0. The van der Waals surface area contributed by atoms with Crippen molar-refractivity contribution in [2.45, 2.75) is 13.5 Å². The fraction of sp³-hybridized carbons (Fsp3) is 0.0909. The molecule has 0 unspecified atom stereocenters. The first-order valence-corrected chi connectivity index (χ1v) is 9.42. The highest BCUT2D eigenvalue weighted by molar-refractivity contribution is 6.06. The van der Waals surface area contributed by atoms with Gasteiger partial charge in [-0.3, -0.25) is 9.36 Å². The molecule has 0 saturated carbocycles. The monoisotopic (exact) mass is 398 g/mol. The lowest BCUT2D eigenvalue weighted by atomic mass is 10.1. The van der Waals surface area contributed by atoms with Gasteiger partial charge in [0.2, 0.25) is 11.9 Å². The lowest BCUT2D eigenvalue weighted by molar-refractivity contribution is 0.100. The minimum atomic E-state index is -0.477. The van der Waals surface area contributed by atoms with E-state index >= 15 is 0 Å². The molecule has 0 aliphatic rings. The summed E-state index contributed by atoms with van der Waals surface area (Å²) in [4.78, 5) is 25.3. The van der Waals surface area contributed by atoms with Crippen LogP contribution in [0.25, 0.3) is 28.1 Å². The number of nitrogens with two attached hydrogens (primary N) is 1. The van der Waals surface area contributed by atoms with Crippen LogP contribution in [0, 0.1) is 6.92 Å². The molecule has 3 heterocycles. The summed E-state index contributed by atoms with van der Waals surface area (Å²) in [6.45, 7) is 2.51. The molecule has 0 aliphatic heterocycles. The second-order valence-electron chi connectivity index (χ2n) is 6.94. The second-order valence-corrected chi connectivity index (χ2v) is 6.94. The van der Waals surface area contributed by atoms with Crippen LogP contribution < -0.4 is 11.1 Å². The molecule has 0 fully saturated rings. The molecule has 0 atom stereocenters. The first-order chi connectivity index (χ1) is 14.6. The number of aryl methyl sites for hydroxylation is 1. The number of nitrogens with zero attached hydrogens (tertiary/aromatic N) is 4. The molecule has 1 amide bonds. The molecule has 2 aromatic carbocycles. The van der Waals surface area contributed by atoms with Gasteiger partial charge in [0.1, 0.15) is 0 Å². The average Bonchev–Trinajstić information content (AvgIpc) is 3.35. The molecular formula is C22H18N6O2. The van der Waals surface area contributed by atoms with E-state index in [1.165, 1.54) is 6.39 Å². The Hall–Kier alpha value is -4.20. The number of aromatic nitrogens is 4. The van der Waals surface area contributed by atoms with Crippen molar-refractivity contribution >= 4 is 33.9 Å². The Morgan fingerprint density at radius 2 is 1.97 bits per heavy atom. The highest BCUT2D eigenvalue weighted by Gasteiger charge is 2.18. The fourth-order valence-corrected chi connectivity index (χ4v) is 3.60. The normalized spacial score (nSPS) is 11.2. The molecule has 3 N–H and O–H groups in total. The highest BCUT2D eigenvalue weighted by Crippen LogP contribution is 2.28. The van der Waals surface area contributed by atoms with E-state index in [0.717, 1.165) is 22.2 Å². The van der Waals surface area contributed by atoms with E-state index in [4.69, 9.17) is 15.1 Å². The first-order valence-electron chi connectivity index (χ1n) is 9.42. The molecule has 0 bridgehead atoms. The van der Waals surface area contributed by atoms with Gasteiger partial charge in [-0.25, -0.2) is 4.98 Å². The van der Waals surface area contributed by atoms with Crippen molar-refractivity contribution in [3.63, 3.8) is 0 Å². The molecule has 0 spiro atoms. The van der Waals surface area contributed by atoms with Crippen LogP contribution in [0.15, 0.2) is 65.4 Å². The number of benzene rings is 2. The summed E-state index contributed by atoms with van der Waals surface area (Å²) < 4.78 is 7.35. The Labute approximate surface area is 171 Å². The molecule has 8 nitrogen and oxygen atoms in total. The number of oxazole rings is 1. The maximum absolute atomic E-state index is 11.8. The van der Waals surface area contributed by atoms with Gasteiger partial charge in [0.25, 0.3) is 5.71 Å². The predicted octanol–water partition coefficient (Wildman–Crippen LogP) is 3.58. The van der Waals surface area contributed by atoms with Crippen molar-refractivity contribution in [3.05, 3.63) is 77.8 Å². The van der Waals surface area contributed by atoms with Gasteiger partial charge in [-0.05, 0) is 30.7 Å². The van der Waals surface area contributed by atoms with Crippen molar-refractivity contribution in [2.24, 2.45) is 5.73 Å². The van der Waals surface area contributed by atoms with E-state index in [9.17, 15) is 4.79 Å². The second kappa shape index (κ2) is 7.00. The van der Waals surface area contributed by atoms with Crippen molar-refractivity contribution in [1.82, 2.24) is 19.5 Å². The third-order valence-electron chi connectivity index (χ3n) is 4.98. The van der Waals surface area contributed by atoms with E-state index in [0.29, 0.717) is 35.1 Å². The van der Waals surface area contributed by atoms with Crippen LogP contribution in [0.2, 0.25) is 0 Å². The number of anilines is 1. The van der Waals surface area contributed by atoms with Crippen LogP contribution in [0.3, 0.4) is 0 Å². The minimum absolute atomic E-state index is 0.378. The number of hydrogen-bond acceptors (Lipinski definition) is 6. The Balaban J connectivity index is 1.64. The smallest absolute Gasteiger partial charge is 0.253 e. The van der Waals surface area contributed by atoms with Gasteiger partial charge in [-0.2, -0.15) is 9.97 Å². The van der Waals surface area contributed by atoms with Crippen molar-refractivity contribution in [3.8, 4) is 5.95 Å². The van der Waals surface area contributed by atoms with Crippen LogP contribution in [0.4, 0.5) is 5.82 Å². The number of amides is 1. The fourth-order valence-electron chi connectivity index (χ4n) is 3.60. The first kappa shape index (κ1) is 17.9. The molecule has 8 heteroatoms. The van der Waals surface area contributed by atoms with Crippen LogP contribution in [0.1, 0.15) is 21.6 Å². The van der Waals surface area contributed by atoms with E-state index < -0.39 is 5.91 Å². The molecule has 0 saturated heterocycles. The van der Waals surface area contributed by atoms with Crippen LogP contribution in [0.5, 0.6) is 0 Å². The third-order valence-corrected chi connectivity index (χ3v) is 4.98. The topological polar surface area (TPSA) is 112 Å². The van der Waals surface area contributed by atoms with Gasteiger partial charge in [-0.15, -0.1) is 0 Å². The number of rotatable bonds is 5. The summed E-state index contributed by atoms with van der Waals surface area (Å²) >= 11 is 0. The lowest BCUT2D eigenvalue weighted by Gasteiger charge is -2.10. The predicted molar refractivity (Wildman–Crippen MR) is 113 cm³/mol. The van der Waals surface area contributed by atoms with Crippen LogP contribution >= 0.6 is 0 Å². The van der Waals surface area contributed by atoms with Crippen molar-refractivity contribution in [1.29, 1.82) is 0 Å². The molecule has 3 aromatic heterocycles. The molecule has 0 radical (unpaired) electrons. The zero-order valence-corrected chi connectivity index (χ0v) is 16.2. The number of carbonyl (C=O) groups is 1. The standard InChI is InChI=1S/C22H18N6O2/c1-13-10-16-15(19(23)29)8-5-9-17(16)28(13)22-26-20(18-21(27-22)30-12-25-18)24-11-14-6-3-2-4-7-14/h2-10,12H,11H2,1H3,(H2,23,29)(H,24,26,27). The van der Waals surface area contributed by atoms with Crippen LogP contribution in [-0.4, -0.2) is 25.4 Å². The van der Waals surface area contributed by atoms with Crippen molar-refractivity contribution in [2.75, 3.05) is 5.32 Å². The SMILES string of the molecule is Cc1cc2c(C(N)=O)cccc2n1-c1nc(NCc2ccccc2)c2ncoc2n1. The van der Waals surface area contributed by atoms with E-state index in [1.807, 2.05) is 54.0 Å². The van der Waals surface area contributed by atoms with Gasteiger partial charge >= 0.3 is 0 Å². The molecule has 5 rings (SSSR count). The average molecular weight is 398 g/mol. The quantitative estimate of drug-likeness (QED) is 0.468. The highest BCUT2D eigenvalue weighted by atomic mass is 16.3. The summed E-state index contributed by atoms with van der Waals surface area (Å²) in [6.07, 6.45) is 1.35. The van der Waals surface area contributed by atoms with Crippen LogP contribution in [-0.2, 0) is 6.54 Å².